The summed E-state index contributed by atoms with van der Waals surface area (Å²) >= 11 is 5.28. The number of rotatable bonds is 5. The summed E-state index contributed by atoms with van der Waals surface area (Å²) in [6, 6.07) is 15.4. The molecule has 0 radical (unpaired) electrons. The minimum Gasteiger partial charge on any atom is -0.497 e. The number of aryl methyl sites for hydroxylation is 1. The first-order valence-electron chi connectivity index (χ1n) is 7.73. The van der Waals surface area contributed by atoms with Gasteiger partial charge < -0.3 is 19.9 Å². The van der Waals surface area contributed by atoms with Gasteiger partial charge in [0.1, 0.15) is 5.75 Å². The summed E-state index contributed by atoms with van der Waals surface area (Å²) in [5, 5.41) is 10.6. The van der Waals surface area contributed by atoms with Crippen LogP contribution in [0.1, 0.15) is 11.5 Å². The molecule has 128 valence electrons. The molecule has 6 nitrogen and oxygen atoms in total. The average Bonchev–Trinajstić information content (AvgIpc) is 3.09. The van der Waals surface area contributed by atoms with Gasteiger partial charge in [0.05, 0.1) is 13.7 Å². The van der Waals surface area contributed by atoms with E-state index in [4.69, 9.17) is 21.5 Å². The molecule has 0 fully saturated rings. The Kier molecular flexibility index (Phi) is 5.25. The number of hydrogen-bond donors (Lipinski definition) is 2. The second-order valence-corrected chi connectivity index (χ2v) is 5.77. The van der Waals surface area contributed by atoms with Crippen molar-refractivity contribution in [1.82, 2.24) is 15.5 Å². The third kappa shape index (κ3) is 4.33. The lowest BCUT2D eigenvalue weighted by molar-refractivity contribution is 0.376. The molecule has 25 heavy (non-hydrogen) atoms. The van der Waals surface area contributed by atoms with E-state index in [1.807, 2.05) is 55.5 Å². The predicted molar refractivity (Wildman–Crippen MR) is 101 cm³/mol. The van der Waals surface area contributed by atoms with Gasteiger partial charge in [-0.1, -0.05) is 35.5 Å². The number of aromatic nitrogens is 2. The maximum atomic E-state index is 5.28. The SMILES string of the molecule is COc1cccc(NC(=S)NCc2nc(-c3ccccc3C)no2)c1. The van der Waals surface area contributed by atoms with E-state index in [1.165, 1.54) is 0 Å². The molecule has 0 unspecified atom stereocenters. The molecule has 0 aliphatic heterocycles. The van der Waals surface area contributed by atoms with Crippen LogP contribution in [0.3, 0.4) is 0 Å². The van der Waals surface area contributed by atoms with Crippen molar-refractivity contribution in [3.63, 3.8) is 0 Å². The average molecular weight is 354 g/mol. The molecule has 3 rings (SSSR count). The van der Waals surface area contributed by atoms with Crippen molar-refractivity contribution in [1.29, 1.82) is 0 Å². The largest absolute Gasteiger partial charge is 0.497 e. The van der Waals surface area contributed by atoms with Crippen molar-refractivity contribution < 1.29 is 9.26 Å². The van der Waals surface area contributed by atoms with Crippen LogP contribution in [-0.4, -0.2) is 22.4 Å². The standard InChI is InChI=1S/C18H18N4O2S/c1-12-6-3-4-9-15(12)17-21-16(24-22-17)11-19-18(25)20-13-7-5-8-14(10-13)23-2/h3-10H,11H2,1-2H3,(H2,19,20,25). The fourth-order valence-electron chi connectivity index (χ4n) is 2.29. The normalized spacial score (nSPS) is 10.3. The predicted octanol–water partition coefficient (Wildman–Crippen LogP) is 3.54. The van der Waals surface area contributed by atoms with Gasteiger partial charge in [0, 0.05) is 17.3 Å². The second-order valence-electron chi connectivity index (χ2n) is 5.37. The maximum Gasteiger partial charge on any atom is 0.246 e. The zero-order valence-electron chi connectivity index (χ0n) is 13.9. The summed E-state index contributed by atoms with van der Waals surface area (Å²) in [4.78, 5) is 4.40. The van der Waals surface area contributed by atoms with E-state index >= 15 is 0 Å². The van der Waals surface area contributed by atoms with Crippen molar-refractivity contribution in [3.8, 4) is 17.1 Å². The maximum absolute atomic E-state index is 5.28. The van der Waals surface area contributed by atoms with E-state index < -0.39 is 0 Å². The summed E-state index contributed by atoms with van der Waals surface area (Å²) in [6.45, 7) is 2.35. The second kappa shape index (κ2) is 7.76. The Labute approximate surface area is 151 Å². The molecular formula is C18H18N4O2S. The summed E-state index contributed by atoms with van der Waals surface area (Å²) in [5.41, 5.74) is 2.88. The quantitative estimate of drug-likeness (QED) is 0.679. The van der Waals surface area contributed by atoms with Crippen LogP contribution >= 0.6 is 12.2 Å². The lowest BCUT2D eigenvalue weighted by Crippen LogP contribution is -2.28. The van der Waals surface area contributed by atoms with E-state index in [0.717, 1.165) is 22.6 Å². The molecule has 0 saturated carbocycles. The fraction of sp³-hybridized carbons (Fsp3) is 0.167. The summed E-state index contributed by atoms with van der Waals surface area (Å²) < 4.78 is 10.5. The molecule has 0 bridgehead atoms. The van der Waals surface area contributed by atoms with Gasteiger partial charge in [-0.3, -0.25) is 0 Å². The zero-order chi connectivity index (χ0) is 17.6. The first-order valence-corrected chi connectivity index (χ1v) is 8.14. The van der Waals surface area contributed by atoms with Gasteiger partial charge in [-0.15, -0.1) is 0 Å². The van der Waals surface area contributed by atoms with Gasteiger partial charge >= 0.3 is 0 Å². The molecule has 0 saturated heterocycles. The number of nitrogens with one attached hydrogen (secondary N) is 2. The van der Waals surface area contributed by atoms with Crippen LogP contribution in [0, 0.1) is 6.92 Å². The van der Waals surface area contributed by atoms with E-state index in [0.29, 0.717) is 23.4 Å². The van der Waals surface area contributed by atoms with Gasteiger partial charge in [-0.25, -0.2) is 0 Å². The van der Waals surface area contributed by atoms with Gasteiger partial charge in [-0.05, 0) is 36.8 Å². The summed E-state index contributed by atoms with van der Waals surface area (Å²) in [5.74, 6) is 1.79. The van der Waals surface area contributed by atoms with Gasteiger partial charge in [0.2, 0.25) is 11.7 Å². The molecular weight excluding hydrogens is 336 g/mol. The van der Waals surface area contributed by atoms with E-state index in [2.05, 4.69) is 20.8 Å². The van der Waals surface area contributed by atoms with Crippen LogP contribution in [0.4, 0.5) is 5.69 Å². The number of ether oxygens (including phenoxy) is 1. The lowest BCUT2D eigenvalue weighted by atomic mass is 10.1. The van der Waals surface area contributed by atoms with Crippen molar-refractivity contribution in [2.24, 2.45) is 0 Å². The van der Waals surface area contributed by atoms with Crippen molar-refractivity contribution in [3.05, 3.63) is 60.0 Å². The highest BCUT2D eigenvalue weighted by Crippen LogP contribution is 2.20. The summed E-state index contributed by atoms with van der Waals surface area (Å²) in [7, 11) is 1.62. The number of methoxy groups -OCH3 is 1. The van der Waals surface area contributed by atoms with Crippen LogP contribution < -0.4 is 15.4 Å². The molecule has 7 heteroatoms. The van der Waals surface area contributed by atoms with Crippen molar-refractivity contribution in [2.45, 2.75) is 13.5 Å². The Morgan fingerprint density at radius 3 is 2.84 bits per heavy atom. The smallest absolute Gasteiger partial charge is 0.246 e. The Morgan fingerprint density at radius 2 is 2.04 bits per heavy atom. The van der Waals surface area contributed by atoms with Crippen LogP contribution in [-0.2, 0) is 6.54 Å². The highest BCUT2D eigenvalue weighted by molar-refractivity contribution is 7.80. The van der Waals surface area contributed by atoms with Crippen LogP contribution in [0.5, 0.6) is 5.75 Å². The Bertz CT molecular complexity index is 879. The highest BCUT2D eigenvalue weighted by atomic mass is 32.1. The lowest BCUT2D eigenvalue weighted by Gasteiger charge is -2.09. The molecule has 0 atom stereocenters. The Hall–Kier alpha value is -2.93. The monoisotopic (exact) mass is 354 g/mol. The third-order valence-corrected chi connectivity index (χ3v) is 3.83. The van der Waals surface area contributed by atoms with E-state index in [9.17, 15) is 0 Å². The van der Waals surface area contributed by atoms with E-state index in [-0.39, 0.29) is 0 Å². The van der Waals surface area contributed by atoms with Gasteiger partial charge in [-0.2, -0.15) is 4.98 Å². The molecule has 3 aromatic rings. The number of anilines is 1. The molecule has 0 aliphatic rings. The van der Waals surface area contributed by atoms with Crippen molar-refractivity contribution in [2.75, 3.05) is 12.4 Å². The molecule has 2 aromatic carbocycles. The minimum atomic E-state index is 0.342. The topological polar surface area (TPSA) is 72.2 Å². The summed E-state index contributed by atoms with van der Waals surface area (Å²) in [6.07, 6.45) is 0. The van der Waals surface area contributed by atoms with Gasteiger partial charge in [0.25, 0.3) is 0 Å². The van der Waals surface area contributed by atoms with Crippen LogP contribution in [0.25, 0.3) is 11.4 Å². The van der Waals surface area contributed by atoms with Crippen molar-refractivity contribution >= 4 is 23.0 Å². The Balaban J connectivity index is 1.58. The molecule has 0 spiro atoms. The Morgan fingerprint density at radius 1 is 1.20 bits per heavy atom. The molecule has 2 N–H and O–H groups in total. The third-order valence-electron chi connectivity index (χ3n) is 3.58. The number of benzene rings is 2. The molecule has 0 amide bonds. The fourth-order valence-corrected chi connectivity index (χ4v) is 2.48. The van der Waals surface area contributed by atoms with E-state index in [1.54, 1.807) is 7.11 Å². The van der Waals surface area contributed by atoms with Crippen LogP contribution in [0.2, 0.25) is 0 Å². The highest BCUT2D eigenvalue weighted by Gasteiger charge is 2.10. The number of hydrogen-bond acceptors (Lipinski definition) is 5. The first-order chi connectivity index (χ1) is 12.2. The van der Waals surface area contributed by atoms with Gasteiger partial charge in [0.15, 0.2) is 5.11 Å². The zero-order valence-corrected chi connectivity index (χ0v) is 14.8. The molecule has 0 aliphatic carbocycles. The minimum absolute atomic E-state index is 0.342. The van der Waals surface area contributed by atoms with Crippen LogP contribution in [0.15, 0.2) is 53.1 Å². The molecule has 1 aromatic heterocycles. The molecule has 1 heterocycles. The first kappa shape index (κ1) is 16.9. The number of nitrogens with zero attached hydrogens (tertiary/aromatic N) is 2. The number of thiocarbonyl (C=S) groups is 1.